The number of aliphatic carboxylic acids is 1. The minimum Gasteiger partial charge on any atom is -0.480 e. The molecular formula is C13H19NO3S. The summed E-state index contributed by atoms with van der Waals surface area (Å²) in [5.74, 6) is -1.26. The molecule has 4 nitrogen and oxygen atoms in total. The molecule has 1 atom stereocenters. The monoisotopic (exact) mass is 269 g/mol. The lowest BCUT2D eigenvalue weighted by Crippen LogP contribution is -2.40. The Labute approximate surface area is 111 Å². The lowest BCUT2D eigenvalue weighted by molar-refractivity contribution is -0.139. The second kappa shape index (κ2) is 6.54. The van der Waals surface area contributed by atoms with Crippen LogP contribution in [0.25, 0.3) is 0 Å². The van der Waals surface area contributed by atoms with E-state index < -0.39 is 12.0 Å². The standard InChI is InChI=1S/C13H19NO3S/c1-4-5-6-11(13(16)17)14-12(15)10-7-18-9(3)8(10)2/h7,11H,4-6H2,1-3H3,(H,14,15)(H,16,17)/t11-/m0/s1. The van der Waals surface area contributed by atoms with Gasteiger partial charge in [-0.1, -0.05) is 19.8 Å². The summed E-state index contributed by atoms with van der Waals surface area (Å²) < 4.78 is 0. The van der Waals surface area contributed by atoms with Gasteiger partial charge < -0.3 is 10.4 Å². The summed E-state index contributed by atoms with van der Waals surface area (Å²) >= 11 is 1.50. The Bertz CT molecular complexity index is 439. The van der Waals surface area contributed by atoms with Crippen molar-refractivity contribution in [3.63, 3.8) is 0 Å². The van der Waals surface area contributed by atoms with Crippen molar-refractivity contribution in [2.75, 3.05) is 0 Å². The highest BCUT2D eigenvalue weighted by Crippen LogP contribution is 2.20. The molecule has 0 bridgehead atoms. The van der Waals surface area contributed by atoms with Crippen LogP contribution in [-0.4, -0.2) is 23.0 Å². The first-order valence-corrected chi connectivity index (χ1v) is 6.93. The molecule has 0 spiro atoms. The molecule has 0 aromatic carbocycles. The van der Waals surface area contributed by atoms with Gasteiger partial charge in [0, 0.05) is 10.3 Å². The van der Waals surface area contributed by atoms with Gasteiger partial charge in [-0.15, -0.1) is 11.3 Å². The van der Waals surface area contributed by atoms with E-state index in [9.17, 15) is 9.59 Å². The van der Waals surface area contributed by atoms with Crippen molar-refractivity contribution in [1.82, 2.24) is 5.32 Å². The number of carboxylic acids is 1. The van der Waals surface area contributed by atoms with E-state index >= 15 is 0 Å². The zero-order chi connectivity index (χ0) is 13.7. The maximum atomic E-state index is 12.0. The summed E-state index contributed by atoms with van der Waals surface area (Å²) in [7, 11) is 0. The number of unbranched alkanes of at least 4 members (excludes halogenated alkanes) is 1. The molecule has 0 aliphatic heterocycles. The largest absolute Gasteiger partial charge is 0.480 e. The SMILES string of the molecule is CCCC[C@H](NC(=O)c1csc(C)c1C)C(=O)O. The fraction of sp³-hybridized carbons (Fsp3) is 0.538. The van der Waals surface area contributed by atoms with Crippen LogP contribution >= 0.6 is 11.3 Å². The van der Waals surface area contributed by atoms with Crippen molar-refractivity contribution in [3.8, 4) is 0 Å². The van der Waals surface area contributed by atoms with Crippen LogP contribution < -0.4 is 5.32 Å². The Morgan fingerprint density at radius 1 is 1.44 bits per heavy atom. The molecular weight excluding hydrogens is 250 g/mol. The number of thiophene rings is 1. The Kier molecular flexibility index (Phi) is 5.34. The highest BCUT2D eigenvalue weighted by Gasteiger charge is 2.21. The lowest BCUT2D eigenvalue weighted by Gasteiger charge is -2.13. The average molecular weight is 269 g/mol. The zero-order valence-electron chi connectivity index (χ0n) is 10.9. The van der Waals surface area contributed by atoms with Crippen LogP contribution in [0.4, 0.5) is 0 Å². The summed E-state index contributed by atoms with van der Waals surface area (Å²) in [6, 6.07) is -0.794. The first-order valence-electron chi connectivity index (χ1n) is 6.05. The van der Waals surface area contributed by atoms with Gasteiger partial charge in [0.2, 0.25) is 0 Å². The maximum absolute atomic E-state index is 12.0. The molecule has 2 N–H and O–H groups in total. The third-order valence-corrected chi connectivity index (χ3v) is 3.99. The average Bonchev–Trinajstić information content (AvgIpc) is 2.65. The van der Waals surface area contributed by atoms with Crippen molar-refractivity contribution in [2.45, 2.75) is 46.1 Å². The van der Waals surface area contributed by atoms with Gasteiger partial charge >= 0.3 is 5.97 Å². The number of hydrogen-bond donors (Lipinski definition) is 2. The molecule has 1 amide bonds. The van der Waals surface area contributed by atoms with Gasteiger partial charge in [-0.25, -0.2) is 4.79 Å². The number of rotatable bonds is 6. The summed E-state index contributed by atoms with van der Waals surface area (Å²) in [6.07, 6.45) is 2.18. The van der Waals surface area contributed by atoms with Crippen molar-refractivity contribution in [2.24, 2.45) is 0 Å². The molecule has 0 saturated heterocycles. The molecule has 1 rings (SSSR count). The third-order valence-electron chi connectivity index (χ3n) is 2.98. The van der Waals surface area contributed by atoms with Crippen LogP contribution in [0, 0.1) is 13.8 Å². The summed E-state index contributed by atoms with van der Waals surface area (Å²) in [4.78, 5) is 24.1. The zero-order valence-corrected chi connectivity index (χ0v) is 11.8. The Balaban J connectivity index is 2.72. The van der Waals surface area contributed by atoms with Crippen LogP contribution in [0.3, 0.4) is 0 Å². The number of carboxylic acid groups (broad SMARTS) is 1. The van der Waals surface area contributed by atoms with Crippen LogP contribution in [-0.2, 0) is 4.79 Å². The highest BCUT2D eigenvalue weighted by atomic mass is 32.1. The normalized spacial score (nSPS) is 12.2. The maximum Gasteiger partial charge on any atom is 0.326 e. The molecule has 1 aromatic heterocycles. The van der Waals surface area contributed by atoms with E-state index in [2.05, 4.69) is 5.32 Å². The molecule has 0 radical (unpaired) electrons. The van der Waals surface area contributed by atoms with E-state index in [1.54, 1.807) is 5.38 Å². The first kappa shape index (κ1) is 14.7. The van der Waals surface area contributed by atoms with Crippen molar-refractivity contribution in [1.29, 1.82) is 0 Å². The van der Waals surface area contributed by atoms with Gasteiger partial charge in [0.15, 0.2) is 0 Å². The Morgan fingerprint density at radius 2 is 2.11 bits per heavy atom. The van der Waals surface area contributed by atoms with Gasteiger partial charge in [0.1, 0.15) is 6.04 Å². The van der Waals surface area contributed by atoms with Gasteiger partial charge in [-0.3, -0.25) is 4.79 Å². The molecule has 0 aliphatic rings. The van der Waals surface area contributed by atoms with E-state index in [1.807, 2.05) is 20.8 Å². The van der Waals surface area contributed by atoms with E-state index in [1.165, 1.54) is 11.3 Å². The van der Waals surface area contributed by atoms with E-state index in [0.29, 0.717) is 12.0 Å². The molecule has 0 aliphatic carbocycles. The predicted molar refractivity (Wildman–Crippen MR) is 72.2 cm³/mol. The molecule has 18 heavy (non-hydrogen) atoms. The number of amides is 1. The molecule has 5 heteroatoms. The number of carbonyl (C=O) groups excluding carboxylic acids is 1. The van der Waals surface area contributed by atoms with E-state index in [4.69, 9.17) is 5.11 Å². The summed E-state index contributed by atoms with van der Waals surface area (Å²) in [6.45, 7) is 5.82. The van der Waals surface area contributed by atoms with Crippen LogP contribution in [0.2, 0.25) is 0 Å². The van der Waals surface area contributed by atoms with Crippen molar-refractivity contribution in [3.05, 3.63) is 21.4 Å². The number of hydrogen-bond acceptors (Lipinski definition) is 3. The van der Waals surface area contributed by atoms with Gasteiger partial charge in [0.25, 0.3) is 5.91 Å². The Morgan fingerprint density at radius 3 is 2.56 bits per heavy atom. The summed E-state index contributed by atoms with van der Waals surface area (Å²) in [5.41, 5.74) is 1.51. The molecule has 1 heterocycles. The number of nitrogens with one attached hydrogen (secondary N) is 1. The quantitative estimate of drug-likeness (QED) is 0.834. The van der Waals surface area contributed by atoms with E-state index in [0.717, 1.165) is 23.3 Å². The second-order valence-corrected chi connectivity index (χ2v) is 5.42. The van der Waals surface area contributed by atoms with Crippen LogP contribution in [0.5, 0.6) is 0 Å². The third kappa shape index (κ3) is 3.57. The molecule has 0 saturated carbocycles. The summed E-state index contributed by atoms with van der Waals surface area (Å²) in [5, 5.41) is 13.4. The first-order chi connectivity index (χ1) is 8.47. The second-order valence-electron chi connectivity index (χ2n) is 4.34. The van der Waals surface area contributed by atoms with Crippen LogP contribution in [0.15, 0.2) is 5.38 Å². The number of carbonyl (C=O) groups is 2. The predicted octanol–water partition coefficient (Wildman–Crippen LogP) is 2.74. The van der Waals surface area contributed by atoms with Gasteiger partial charge in [-0.05, 0) is 25.8 Å². The molecule has 0 unspecified atom stereocenters. The number of aryl methyl sites for hydroxylation is 1. The minimum atomic E-state index is -0.971. The van der Waals surface area contributed by atoms with Crippen molar-refractivity contribution < 1.29 is 14.7 Å². The molecule has 100 valence electrons. The topological polar surface area (TPSA) is 66.4 Å². The smallest absolute Gasteiger partial charge is 0.326 e. The lowest BCUT2D eigenvalue weighted by atomic mass is 10.1. The van der Waals surface area contributed by atoms with Crippen molar-refractivity contribution >= 4 is 23.2 Å². The molecule has 0 fully saturated rings. The minimum absolute atomic E-state index is 0.291. The van der Waals surface area contributed by atoms with E-state index in [-0.39, 0.29) is 5.91 Å². The fourth-order valence-corrected chi connectivity index (χ4v) is 2.50. The molecule has 1 aromatic rings. The van der Waals surface area contributed by atoms with Crippen LogP contribution in [0.1, 0.15) is 47.0 Å². The van der Waals surface area contributed by atoms with Gasteiger partial charge in [-0.2, -0.15) is 0 Å². The highest BCUT2D eigenvalue weighted by molar-refractivity contribution is 7.10. The Hall–Kier alpha value is -1.36. The van der Waals surface area contributed by atoms with Gasteiger partial charge in [0.05, 0.1) is 5.56 Å². The fourth-order valence-electron chi connectivity index (χ4n) is 1.64.